The van der Waals surface area contributed by atoms with Gasteiger partial charge in [-0.2, -0.15) is 0 Å². The van der Waals surface area contributed by atoms with Crippen molar-refractivity contribution in [1.82, 2.24) is 9.97 Å². The van der Waals surface area contributed by atoms with Crippen LogP contribution >= 0.6 is 27.7 Å². The van der Waals surface area contributed by atoms with Crippen LogP contribution in [0.5, 0.6) is 0 Å². The van der Waals surface area contributed by atoms with Crippen molar-refractivity contribution in [3.63, 3.8) is 0 Å². The zero-order chi connectivity index (χ0) is 14.0. The van der Waals surface area contributed by atoms with Gasteiger partial charge < -0.3 is 0 Å². The second kappa shape index (κ2) is 6.13. The van der Waals surface area contributed by atoms with Gasteiger partial charge in [-0.3, -0.25) is 0 Å². The first kappa shape index (κ1) is 15.3. The Morgan fingerprint density at radius 2 is 2.00 bits per heavy atom. The third kappa shape index (κ3) is 4.45. The smallest absolute Gasteiger partial charge is 0.136 e. The first-order chi connectivity index (χ1) is 8.84. The molecule has 1 saturated carbocycles. The molecule has 1 aromatic heterocycles. The zero-order valence-electron chi connectivity index (χ0n) is 12.2. The molecule has 2 rings (SSSR count). The van der Waals surface area contributed by atoms with Gasteiger partial charge in [-0.25, -0.2) is 9.97 Å². The van der Waals surface area contributed by atoms with Crippen LogP contribution in [0.25, 0.3) is 0 Å². The summed E-state index contributed by atoms with van der Waals surface area (Å²) >= 11 is 5.45. The highest BCUT2D eigenvalue weighted by Crippen LogP contribution is 2.36. The maximum Gasteiger partial charge on any atom is 0.136 e. The van der Waals surface area contributed by atoms with Crippen molar-refractivity contribution < 1.29 is 0 Å². The van der Waals surface area contributed by atoms with E-state index < -0.39 is 0 Å². The van der Waals surface area contributed by atoms with Crippen LogP contribution in [-0.2, 0) is 5.41 Å². The van der Waals surface area contributed by atoms with Crippen molar-refractivity contribution in [2.45, 2.75) is 69.1 Å². The molecule has 2 nitrogen and oxygen atoms in total. The van der Waals surface area contributed by atoms with Crippen LogP contribution in [0.3, 0.4) is 0 Å². The zero-order valence-corrected chi connectivity index (χ0v) is 14.6. The first-order valence-electron chi connectivity index (χ1n) is 7.06. The maximum absolute atomic E-state index is 4.75. The average Bonchev–Trinajstić information content (AvgIpc) is 2.26. The molecule has 2 unspecified atom stereocenters. The number of halogens is 1. The van der Waals surface area contributed by atoms with E-state index in [2.05, 4.69) is 54.7 Å². The third-order valence-corrected chi connectivity index (χ3v) is 5.14. The minimum absolute atomic E-state index is 0.00105. The fraction of sp³-hybridized carbons (Fsp3) is 0.733. The highest BCUT2D eigenvalue weighted by Gasteiger charge is 2.23. The lowest BCUT2D eigenvalue weighted by atomic mass is 9.91. The standard InChI is InChI=1S/C15H23BrN2S/c1-10-6-5-7-11(8-10)19-13-9-12(16)17-14(18-13)15(2,3)4/h9-11H,5-8H2,1-4H3. The lowest BCUT2D eigenvalue weighted by molar-refractivity contribution is 0.394. The molecule has 106 valence electrons. The van der Waals surface area contributed by atoms with Gasteiger partial charge in [0, 0.05) is 16.7 Å². The van der Waals surface area contributed by atoms with Gasteiger partial charge in [0.1, 0.15) is 15.5 Å². The molecule has 0 spiro atoms. The summed E-state index contributed by atoms with van der Waals surface area (Å²) in [7, 11) is 0. The quantitative estimate of drug-likeness (QED) is 0.690. The Hall–Kier alpha value is -0.0900. The summed E-state index contributed by atoms with van der Waals surface area (Å²) in [5, 5.41) is 1.84. The van der Waals surface area contributed by atoms with E-state index in [-0.39, 0.29) is 5.41 Å². The normalized spacial score (nSPS) is 24.5. The van der Waals surface area contributed by atoms with Gasteiger partial charge in [0.15, 0.2) is 0 Å². The molecule has 1 aliphatic carbocycles. The van der Waals surface area contributed by atoms with E-state index in [4.69, 9.17) is 4.98 Å². The minimum Gasteiger partial charge on any atom is -0.226 e. The average molecular weight is 343 g/mol. The molecule has 1 aromatic rings. The topological polar surface area (TPSA) is 25.8 Å². The molecule has 0 N–H and O–H groups in total. The fourth-order valence-corrected chi connectivity index (χ4v) is 4.35. The van der Waals surface area contributed by atoms with Crippen LogP contribution in [0.2, 0.25) is 0 Å². The van der Waals surface area contributed by atoms with Gasteiger partial charge in [-0.15, -0.1) is 11.8 Å². The SMILES string of the molecule is CC1CCCC(Sc2cc(Br)nc(C(C)(C)C)n2)C1. The van der Waals surface area contributed by atoms with E-state index in [9.17, 15) is 0 Å². The third-order valence-electron chi connectivity index (χ3n) is 3.52. The largest absolute Gasteiger partial charge is 0.226 e. The molecule has 1 heterocycles. The number of nitrogens with zero attached hydrogens (tertiary/aromatic N) is 2. The van der Waals surface area contributed by atoms with E-state index >= 15 is 0 Å². The fourth-order valence-electron chi connectivity index (χ4n) is 2.45. The predicted molar refractivity (Wildman–Crippen MR) is 85.7 cm³/mol. The van der Waals surface area contributed by atoms with E-state index in [0.717, 1.165) is 26.6 Å². The van der Waals surface area contributed by atoms with Gasteiger partial charge in [0.25, 0.3) is 0 Å². The van der Waals surface area contributed by atoms with Crippen molar-refractivity contribution in [2.24, 2.45) is 5.92 Å². The Balaban J connectivity index is 2.14. The molecule has 0 saturated heterocycles. The summed E-state index contributed by atoms with van der Waals surface area (Å²) in [6.45, 7) is 8.84. The Kier molecular flexibility index (Phi) is 4.93. The molecule has 0 radical (unpaired) electrons. The molecule has 1 aliphatic rings. The lowest BCUT2D eigenvalue weighted by Gasteiger charge is -2.26. The first-order valence-corrected chi connectivity index (χ1v) is 8.73. The Morgan fingerprint density at radius 3 is 2.63 bits per heavy atom. The molecular formula is C15H23BrN2S. The van der Waals surface area contributed by atoms with Crippen LogP contribution in [0.1, 0.15) is 59.2 Å². The molecule has 2 atom stereocenters. The number of aromatic nitrogens is 2. The van der Waals surface area contributed by atoms with Gasteiger partial charge in [0.2, 0.25) is 0 Å². The van der Waals surface area contributed by atoms with Crippen LogP contribution in [-0.4, -0.2) is 15.2 Å². The van der Waals surface area contributed by atoms with Gasteiger partial charge in [-0.05, 0) is 34.7 Å². The lowest BCUT2D eigenvalue weighted by Crippen LogP contribution is -2.18. The van der Waals surface area contributed by atoms with Crippen molar-refractivity contribution in [1.29, 1.82) is 0 Å². The number of hydrogen-bond donors (Lipinski definition) is 0. The second-order valence-electron chi connectivity index (χ2n) is 6.61. The summed E-state index contributed by atoms with van der Waals surface area (Å²) in [4.78, 5) is 9.25. The summed E-state index contributed by atoms with van der Waals surface area (Å²) in [5.74, 6) is 1.78. The Bertz CT molecular complexity index is 442. The molecule has 19 heavy (non-hydrogen) atoms. The van der Waals surface area contributed by atoms with Crippen molar-refractivity contribution >= 4 is 27.7 Å². The molecule has 0 aliphatic heterocycles. The highest BCUT2D eigenvalue weighted by molar-refractivity contribution is 9.10. The maximum atomic E-state index is 4.75. The number of hydrogen-bond acceptors (Lipinski definition) is 3. The van der Waals surface area contributed by atoms with Gasteiger partial charge in [0.05, 0.1) is 0 Å². The highest BCUT2D eigenvalue weighted by atomic mass is 79.9. The van der Waals surface area contributed by atoms with Gasteiger partial charge >= 0.3 is 0 Å². The summed E-state index contributed by atoms with van der Waals surface area (Å²) in [5.41, 5.74) is -0.00105. The molecule has 0 amide bonds. The molecule has 0 bridgehead atoms. The second-order valence-corrected chi connectivity index (χ2v) is 8.75. The minimum atomic E-state index is -0.00105. The molecule has 1 fully saturated rings. The Morgan fingerprint density at radius 1 is 1.26 bits per heavy atom. The monoisotopic (exact) mass is 342 g/mol. The van der Waals surface area contributed by atoms with Crippen molar-refractivity contribution in [2.75, 3.05) is 0 Å². The van der Waals surface area contributed by atoms with Crippen LogP contribution in [0, 0.1) is 5.92 Å². The van der Waals surface area contributed by atoms with E-state index in [0.29, 0.717) is 0 Å². The van der Waals surface area contributed by atoms with Crippen LogP contribution in [0.4, 0.5) is 0 Å². The molecule has 4 heteroatoms. The summed E-state index contributed by atoms with van der Waals surface area (Å²) in [6.07, 6.45) is 5.38. The Labute approximate surface area is 129 Å². The van der Waals surface area contributed by atoms with E-state index in [1.165, 1.54) is 25.7 Å². The van der Waals surface area contributed by atoms with E-state index in [1.54, 1.807) is 0 Å². The number of rotatable bonds is 2. The molecule has 0 aromatic carbocycles. The van der Waals surface area contributed by atoms with Crippen LogP contribution < -0.4 is 0 Å². The summed E-state index contributed by atoms with van der Waals surface area (Å²) in [6, 6.07) is 2.05. The predicted octanol–water partition coefficient (Wildman–Crippen LogP) is 5.21. The van der Waals surface area contributed by atoms with Crippen molar-refractivity contribution in [3.8, 4) is 0 Å². The van der Waals surface area contributed by atoms with Gasteiger partial charge in [-0.1, -0.05) is 40.5 Å². The van der Waals surface area contributed by atoms with Crippen LogP contribution in [0.15, 0.2) is 15.7 Å². The number of thioether (sulfide) groups is 1. The van der Waals surface area contributed by atoms with E-state index in [1.807, 2.05) is 11.8 Å². The van der Waals surface area contributed by atoms with Crippen molar-refractivity contribution in [3.05, 3.63) is 16.5 Å². The molecular weight excluding hydrogens is 320 g/mol. The summed E-state index contributed by atoms with van der Waals surface area (Å²) < 4.78 is 0.902.